The first kappa shape index (κ1) is 17.6. The summed E-state index contributed by atoms with van der Waals surface area (Å²) in [5.41, 5.74) is 2.97. The first-order chi connectivity index (χ1) is 14.3. The number of H-pyrrole nitrogens is 1. The molecule has 0 bridgehead atoms. The van der Waals surface area contributed by atoms with Crippen molar-refractivity contribution in [3.05, 3.63) is 66.2 Å². The van der Waals surface area contributed by atoms with E-state index in [1.54, 1.807) is 0 Å². The molecule has 3 heterocycles. The zero-order valence-electron chi connectivity index (χ0n) is 16.1. The smallest absolute Gasteiger partial charge is 0.223 e. The fraction of sp³-hybridized carbons (Fsp3) is 0.273. The number of nitrogens with zero attached hydrogens (tertiary/aromatic N) is 5. The summed E-state index contributed by atoms with van der Waals surface area (Å²) >= 11 is 0. The Bertz CT molecular complexity index is 1090. The van der Waals surface area contributed by atoms with Gasteiger partial charge in [-0.15, -0.1) is 0 Å². The van der Waals surface area contributed by atoms with Crippen LogP contribution in [0.25, 0.3) is 22.4 Å². The molecule has 0 radical (unpaired) electrons. The van der Waals surface area contributed by atoms with E-state index in [1.807, 2.05) is 64.2 Å². The zero-order chi connectivity index (χ0) is 19.6. The van der Waals surface area contributed by atoms with Gasteiger partial charge in [0.2, 0.25) is 5.91 Å². The summed E-state index contributed by atoms with van der Waals surface area (Å²) in [5, 5.41) is 4.65. The number of carbonyl (C=O) groups excluding carboxylic acids is 1. The average molecular weight is 386 g/mol. The molecule has 146 valence electrons. The maximum Gasteiger partial charge on any atom is 0.223 e. The number of imidazole rings is 1. The van der Waals surface area contributed by atoms with Crippen LogP contribution in [0.4, 0.5) is 0 Å². The minimum absolute atomic E-state index is 0.152. The highest BCUT2D eigenvalue weighted by Crippen LogP contribution is 2.17. The maximum absolute atomic E-state index is 12.7. The Morgan fingerprint density at radius 1 is 0.966 bits per heavy atom. The van der Waals surface area contributed by atoms with Crippen LogP contribution in [0.15, 0.2) is 54.6 Å². The molecule has 1 aliphatic heterocycles. The van der Waals surface area contributed by atoms with Crippen molar-refractivity contribution in [2.24, 2.45) is 0 Å². The first-order valence-electron chi connectivity index (χ1n) is 9.97. The van der Waals surface area contributed by atoms with Crippen LogP contribution in [0.3, 0.4) is 0 Å². The molecule has 0 atom stereocenters. The zero-order valence-corrected chi connectivity index (χ0v) is 16.1. The highest BCUT2D eigenvalue weighted by molar-refractivity contribution is 5.77. The molecule has 5 rings (SSSR count). The minimum atomic E-state index is 0.152. The minimum Gasteiger partial charge on any atom is -0.342 e. The predicted molar refractivity (Wildman–Crippen MR) is 110 cm³/mol. The second-order valence-electron chi connectivity index (χ2n) is 7.27. The quantitative estimate of drug-likeness (QED) is 0.585. The fourth-order valence-corrected chi connectivity index (χ4v) is 3.77. The number of aromatic amines is 1. The second-order valence-corrected chi connectivity index (χ2v) is 7.27. The van der Waals surface area contributed by atoms with Crippen LogP contribution in [0.1, 0.15) is 18.1 Å². The summed E-state index contributed by atoms with van der Waals surface area (Å²) < 4.78 is 1.94. The molecule has 4 aromatic rings. The summed E-state index contributed by atoms with van der Waals surface area (Å²) in [6.45, 7) is 2.00. The summed E-state index contributed by atoms with van der Waals surface area (Å²) in [7, 11) is 0. The van der Waals surface area contributed by atoms with Crippen LogP contribution in [-0.2, 0) is 24.2 Å². The lowest BCUT2D eigenvalue weighted by molar-refractivity contribution is -0.131. The van der Waals surface area contributed by atoms with Crippen molar-refractivity contribution in [3.8, 4) is 11.4 Å². The van der Waals surface area contributed by atoms with E-state index >= 15 is 0 Å². The fourth-order valence-electron chi connectivity index (χ4n) is 3.77. The molecule has 0 saturated heterocycles. The number of carbonyl (C=O) groups is 1. The molecule has 7 nitrogen and oxygen atoms in total. The van der Waals surface area contributed by atoms with E-state index in [0.717, 1.165) is 40.5 Å². The maximum atomic E-state index is 12.7. The van der Waals surface area contributed by atoms with E-state index in [2.05, 4.69) is 15.1 Å². The normalized spacial score (nSPS) is 14.0. The molecule has 0 spiro atoms. The molecule has 0 saturated carbocycles. The van der Waals surface area contributed by atoms with Crippen LogP contribution in [0.5, 0.6) is 0 Å². The highest BCUT2D eigenvalue weighted by atomic mass is 16.2. The van der Waals surface area contributed by atoms with Gasteiger partial charge >= 0.3 is 0 Å². The molecule has 1 amide bonds. The Morgan fingerprint density at radius 2 is 1.79 bits per heavy atom. The number of aromatic nitrogens is 5. The van der Waals surface area contributed by atoms with Crippen molar-refractivity contribution in [1.82, 2.24) is 29.6 Å². The Hall–Kier alpha value is -3.48. The van der Waals surface area contributed by atoms with Gasteiger partial charge in [0.15, 0.2) is 5.82 Å². The Kier molecular flexibility index (Phi) is 4.56. The van der Waals surface area contributed by atoms with Gasteiger partial charge in [-0.3, -0.25) is 4.79 Å². The number of nitrogens with one attached hydrogen (secondary N) is 1. The number of hydrogen-bond donors (Lipinski definition) is 1. The van der Waals surface area contributed by atoms with Crippen molar-refractivity contribution in [1.29, 1.82) is 0 Å². The van der Waals surface area contributed by atoms with Gasteiger partial charge in [-0.1, -0.05) is 42.5 Å². The van der Waals surface area contributed by atoms with Gasteiger partial charge in [0, 0.05) is 37.9 Å². The molecule has 1 N–H and O–H groups in total. The first-order valence-corrected chi connectivity index (χ1v) is 9.97. The number of amides is 1. The van der Waals surface area contributed by atoms with Gasteiger partial charge in [0.05, 0.1) is 17.6 Å². The van der Waals surface area contributed by atoms with Gasteiger partial charge < -0.3 is 9.88 Å². The predicted octanol–water partition coefficient (Wildman–Crippen LogP) is 2.84. The standard InChI is InChI=1S/C22H22N6O/c29-21(11-10-19-23-17-8-4-5-9-18(17)24-19)27-13-12-20-25-22(26-28(20)15-14-27)16-6-2-1-3-7-16/h1-9H,10-15H2,(H,23,24). The Morgan fingerprint density at radius 3 is 2.66 bits per heavy atom. The van der Waals surface area contributed by atoms with Gasteiger partial charge in [-0.25, -0.2) is 14.6 Å². The van der Waals surface area contributed by atoms with E-state index in [4.69, 9.17) is 4.98 Å². The lowest BCUT2D eigenvalue weighted by Crippen LogP contribution is -2.34. The van der Waals surface area contributed by atoms with E-state index in [0.29, 0.717) is 32.5 Å². The van der Waals surface area contributed by atoms with Crippen molar-refractivity contribution >= 4 is 16.9 Å². The summed E-state index contributed by atoms with van der Waals surface area (Å²) in [4.78, 5) is 27.2. The number of aryl methyl sites for hydroxylation is 1. The van der Waals surface area contributed by atoms with Gasteiger partial charge in [0.25, 0.3) is 0 Å². The molecule has 0 unspecified atom stereocenters. The topological polar surface area (TPSA) is 79.7 Å². The second kappa shape index (κ2) is 7.50. The molecule has 1 aliphatic rings. The van der Waals surface area contributed by atoms with Gasteiger partial charge in [-0.2, -0.15) is 5.10 Å². The van der Waals surface area contributed by atoms with Gasteiger partial charge in [-0.05, 0) is 12.1 Å². The van der Waals surface area contributed by atoms with Crippen LogP contribution in [0, 0.1) is 0 Å². The van der Waals surface area contributed by atoms with Crippen LogP contribution >= 0.6 is 0 Å². The lowest BCUT2D eigenvalue weighted by Gasteiger charge is -2.19. The highest BCUT2D eigenvalue weighted by Gasteiger charge is 2.21. The molecule has 0 aliphatic carbocycles. The Balaban J connectivity index is 1.21. The van der Waals surface area contributed by atoms with Crippen molar-refractivity contribution in [2.45, 2.75) is 25.8 Å². The third kappa shape index (κ3) is 3.63. The monoisotopic (exact) mass is 386 g/mol. The molecule has 0 fully saturated rings. The SMILES string of the molecule is O=C(CCc1nc2ccccc2[nH]1)N1CCc2nc(-c3ccccc3)nn2CC1. The Labute approximate surface area is 168 Å². The summed E-state index contributed by atoms with van der Waals surface area (Å²) in [6, 6.07) is 17.9. The third-order valence-electron chi connectivity index (χ3n) is 5.33. The number of benzene rings is 2. The molecule has 2 aromatic heterocycles. The van der Waals surface area contributed by atoms with Crippen LogP contribution in [-0.4, -0.2) is 48.6 Å². The van der Waals surface area contributed by atoms with E-state index in [1.165, 1.54) is 0 Å². The van der Waals surface area contributed by atoms with Crippen molar-refractivity contribution in [3.63, 3.8) is 0 Å². The summed E-state index contributed by atoms with van der Waals surface area (Å²) in [5.74, 6) is 2.71. The van der Waals surface area contributed by atoms with E-state index < -0.39 is 0 Å². The molecular weight excluding hydrogens is 364 g/mol. The van der Waals surface area contributed by atoms with Crippen molar-refractivity contribution < 1.29 is 4.79 Å². The molecule has 29 heavy (non-hydrogen) atoms. The van der Waals surface area contributed by atoms with E-state index in [9.17, 15) is 4.79 Å². The largest absolute Gasteiger partial charge is 0.342 e. The average Bonchev–Trinajstić information content (AvgIpc) is 3.31. The molecular formula is C22H22N6O. The number of rotatable bonds is 4. The van der Waals surface area contributed by atoms with Crippen LogP contribution < -0.4 is 0 Å². The van der Waals surface area contributed by atoms with Crippen molar-refractivity contribution in [2.75, 3.05) is 13.1 Å². The number of fused-ring (bicyclic) bond motifs is 2. The summed E-state index contributed by atoms with van der Waals surface area (Å²) in [6.07, 6.45) is 1.78. The molecule has 2 aromatic carbocycles. The third-order valence-corrected chi connectivity index (χ3v) is 5.33. The number of hydrogen-bond acceptors (Lipinski definition) is 4. The number of para-hydroxylation sites is 2. The van der Waals surface area contributed by atoms with Crippen LogP contribution in [0.2, 0.25) is 0 Å². The molecule has 7 heteroatoms. The lowest BCUT2D eigenvalue weighted by atomic mass is 10.2. The van der Waals surface area contributed by atoms with E-state index in [-0.39, 0.29) is 5.91 Å². The van der Waals surface area contributed by atoms with Gasteiger partial charge in [0.1, 0.15) is 11.6 Å².